The van der Waals surface area contributed by atoms with E-state index in [1.54, 1.807) is 2.93 Å². The molecule has 0 N–H and O–H groups in total. The van der Waals surface area contributed by atoms with Crippen molar-refractivity contribution in [3.8, 4) is 0 Å². The van der Waals surface area contributed by atoms with Crippen LogP contribution in [0, 0.1) is 0 Å². The van der Waals surface area contributed by atoms with Gasteiger partial charge >= 0.3 is 64.4 Å². The Morgan fingerprint density at radius 3 is 2.86 bits per heavy atom. The molecule has 0 radical (unpaired) electrons. The second-order valence-electron chi connectivity index (χ2n) is 1.14. The van der Waals surface area contributed by atoms with Crippen molar-refractivity contribution in [1.29, 1.82) is 0 Å². The van der Waals surface area contributed by atoms with Crippen LogP contribution in [-0.2, 0) is 0 Å². The summed E-state index contributed by atoms with van der Waals surface area (Å²) in [5.41, 5.74) is 0. The van der Waals surface area contributed by atoms with Crippen LogP contribution >= 0.6 is 11.3 Å². The van der Waals surface area contributed by atoms with Gasteiger partial charge in [-0.3, -0.25) is 0 Å². The molecule has 0 saturated heterocycles. The fourth-order valence-electron chi connectivity index (χ4n) is 0.380. The molecule has 0 aliphatic carbocycles. The molecule has 32 valence electrons. The van der Waals surface area contributed by atoms with E-state index >= 15 is 0 Å². The van der Waals surface area contributed by atoms with E-state index in [1.165, 1.54) is 0 Å². The minimum atomic E-state index is 0.218. The van der Waals surface area contributed by atoms with Gasteiger partial charge in [-0.2, -0.15) is 0 Å². The van der Waals surface area contributed by atoms with Gasteiger partial charge in [-0.15, -0.1) is 0 Å². The van der Waals surface area contributed by atoms with E-state index in [2.05, 4.69) is 31.8 Å². The Bertz CT molecular complexity index is 126. The molecular weight excluding hydrogens is 215 g/mol. The van der Waals surface area contributed by atoms with Gasteiger partial charge in [0.1, 0.15) is 0 Å². The van der Waals surface area contributed by atoms with Crippen LogP contribution in [0.5, 0.6) is 0 Å². The Labute approximate surface area is 63.8 Å². The molecule has 0 fully saturated rings. The molecule has 1 heterocycles. The summed E-state index contributed by atoms with van der Waals surface area (Å²) in [4.78, 5) is 0. The van der Waals surface area contributed by atoms with Crippen LogP contribution in [0.15, 0.2) is 17.5 Å². The molecule has 1 rings (SSSR count). The topological polar surface area (TPSA) is 0 Å². The first-order valence-corrected chi connectivity index (χ1v) is 6.38. The molecule has 0 unspecified atom stereocenters. The number of thiophene rings is 1. The Morgan fingerprint density at radius 2 is 2.57 bits per heavy atom. The molecule has 0 atom stereocenters. The molecule has 3 heteroatoms. The van der Waals surface area contributed by atoms with Crippen LogP contribution in [0.2, 0.25) is 0 Å². The Kier molecular flexibility index (Phi) is 2.82. The summed E-state index contributed by atoms with van der Waals surface area (Å²) in [5.74, 6) is 0. The van der Waals surface area contributed by atoms with Gasteiger partial charge in [0.25, 0.3) is 0 Å². The summed E-state index contributed by atoms with van der Waals surface area (Å²) >= 11 is 4.40. The average molecular weight is 218 g/mol. The molecule has 1 aromatic heterocycles. The van der Waals surface area contributed by atoms with Crippen molar-refractivity contribution in [2.24, 2.45) is 0 Å². The van der Waals surface area contributed by atoms with Crippen LogP contribution in [0.25, 0.3) is 0 Å². The first kappa shape index (κ1) is 6.21. The molecule has 1 aromatic rings. The van der Waals surface area contributed by atoms with Gasteiger partial charge < -0.3 is 0 Å². The van der Waals surface area contributed by atoms with Gasteiger partial charge in [-0.05, 0) is 0 Å². The van der Waals surface area contributed by atoms with Gasteiger partial charge in [0, 0.05) is 0 Å². The van der Waals surface area contributed by atoms with E-state index in [0.29, 0.717) is 0 Å². The number of rotatable bonds is 1. The van der Waals surface area contributed by atoms with Crippen LogP contribution in [-0.4, -0.2) is 32.6 Å². The van der Waals surface area contributed by atoms with E-state index in [1.807, 2.05) is 11.3 Å². The monoisotopic (exact) mass is 220 g/mol. The summed E-state index contributed by atoms with van der Waals surface area (Å²) in [6.45, 7) is 0. The standard InChI is InChI=1S/C4H4STe.Li/c6-4-2-1-3-5-4;/h1-3,6H;/q;+1/p-1. The van der Waals surface area contributed by atoms with E-state index < -0.39 is 0 Å². The maximum atomic E-state index is 2.30. The zero-order chi connectivity index (χ0) is 5.11. The first-order chi connectivity index (χ1) is 3.43. The number of hydrogen-bond donors (Lipinski definition) is 0. The fraction of sp³-hybridized carbons (Fsp3) is 0. The Balaban J connectivity index is 2.76. The fourth-order valence-corrected chi connectivity index (χ4v) is 2.84. The van der Waals surface area contributed by atoms with Crippen molar-refractivity contribution in [3.63, 3.8) is 0 Å². The third-order valence-electron chi connectivity index (χ3n) is 0.696. The quantitative estimate of drug-likeness (QED) is 0.588. The molecule has 0 nitrogen and oxygen atoms in total. The third-order valence-corrected chi connectivity index (χ3v) is 4.84. The molecule has 0 aromatic carbocycles. The van der Waals surface area contributed by atoms with Crippen molar-refractivity contribution in [1.82, 2.24) is 0 Å². The van der Waals surface area contributed by atoms with Crippen molar-refractivity contribution in [2.45, 2.75) is 0 Å². The van der Waals surface area contributed by atoms with Crippen LogP contribution < -0.4 is 2.93 Å². The maximum absolute atomic E-state index is 2.30. The van der Waals surface area contributed by atoms with Crippen molar-refractivity contribution < 1.29 is 0 Å². The zero-order valence-corrected chi connectivity index (χ0v) is 7.20. The minimum absolute atomic E-state index is 0.218. The molecule has 0 aliphatic heterocycles. The van der Waals surface area contributed by atoms with Crippen molar-refractivity contribution >= 4 is 46.9 Å². The van der Waals surface area contributed by atoms with E-state index in [9.17, 15) is 0 Å². The van der Waals surface area contributed by atoms with E-state index in [-0.39, 0.29) is 18.3 Å². The van der Waals surface area contributed by atoms with Gasteiger partial charge in [0.15, 0.2) is 0 Å². The normalized spacial score (nSPS) is 9.43. The third kappa shape index (κ3) is 1.80. The molecule has 0 bridgehead atoms. The van der Waals surface area contributed by atoms with Gasteiger partial charge in [-0.1, -0.05) is 0 Å². The Hall–Kier alpha value is 1.09. The second kappa shape index (κ2) is 3.18. The summed E-state index contributed by atoms with van der Waals surface area (Å²) in [6.07, 6.45) is 0. The molecule has 0 saturated carbocycles. The summed E-state index contributed by atoms with van der Waals surface area (Å²) in [7, 11) is 0. The van der Waals surface area contributed by atoms with E-state index in [0.717, 1.165) is 0 Å². The van der Waals surface area contributed by atoms with Gasteiger partial charge in [-0.25, -0.2) is 0 Å². The molecule has 0 spiro atoms. The number of hydrogen-bond acceptors (Lipinski definition) is 1. The molecule has 7 heavy (non-hydrogen) atoms. The predicted molar refractivity (Wildman–Crippen MR) is 35.5 cm³/mol. The average Bonchev–Trinajstić information content (AvgIpc) is 2.14. The van der Waals surface area contributed by atoms with Crippen LogP contribution in [0.3, 0.4) is 0 Å². The SMILES string of the molecule is [Li][Te]c1cccs1. The first-order valence-electron chi connectivity index (χ1n) is 2.01. The molecule has 0 aliphatic rings. The van der Waals surface area contributed by atoms with Crippen molar-refractivity contribution in [2.75, 3.05) is 0 Å². The van der Waals surface area contributed by atoms with E-state index in [4.69, 9.17) is 0 Å². The van der Waals surface area contributed by atoms with Gasteiger partial charge in [0.05, 0.1) is 0 Å². The second-order valence-corrected chi connectivity index (χ2v) is 5.31. The molecule has 0 amide bonds. The Morgan fingerprint density at radius 1 is 1.71 bits per heavy atom. The van der Waals surface area contributed by atoms with Gasteiger partial charge in [0.2, 0.25) is 0 Å². The summed E-state index contributed by atoms with van der Waals surface area (Å²) < 4.78 is 1.60. The summed E-state index contributed by atoms with van der Waals surface area (Å²) in [6, 6.07) is 4.33. The summed E-state index contributed by atoms with van der Waals surface area (Å²) in [5, 5.41) is 2.14. The molecular formula is C4H3LiSTe. The van der Waals surface area contributed by atoms with Crippen LogP contribution in [0.4, 0.5) is 0 Å². The van der Waals surface area contributed by atoms with Crippen LogP contribution in [0.1, 0.15) is 0 Å². The zero-order valence-electron chi connectivity index (χ0n) is 4.05. The van der Waals surface area contributed by atoms with Crippen molar-refractivity contribution in [3.05, 3.63) is 17.5 Å². The predicted octanol–water partition coefficient (Wildman–Crippen LogP) is 0.161.